The predicted octanol–water partition coefficient (Wildman–Crippen LogP) is 3.28. The molecule has 0 saturated carbocycles. The van der Waals surface area contributed by atoms with Gasteiger partial charge in [-0.2, -0.15) is 0 Å². The Hall–Kier alpha value is -1.26. The minimum Gasteiger partial charge on any atom is -0.491 e. The van der Waals surface area contributed by atoms with Crippen LogP contribution in [-0.2, 0) is 12.4 Å². The Balaban J connectivity index is 1.86. The van der Waals surface area contributed by atoms with E-state index in [2.05, 4.69) is 16.0 Å². The Morgan fingerprint density at radius 2 is 2.28 bits per heavy atom. The van der Waals surface area contributed by atoms with Gasteiger partial charge in [0.1, 0.15) is 12.4 Å². The van der Waals surface area contributed by atoms with Crippen LogP contribution in [0.4, 0.5) is 5.13 Å². The third-order valence-corrected chi connectivity index (χ3v) is 4.12. The molecule has 5 heteroatoms. The highest BCUT2D eigenvalue weighted by molar-refractivity contribution is 7.13. The van der Waals surface area contributed by atoms with Crippen molar-refractivity contribution in [1.29, 1.82) is 0 Å². The number of fused-ring (bicyclic) bond motifs is 1. The molecule has 1 aliphatic heterocycles. The minimum absolute atomic E-state index is 0.470. The van der Waals surface area contributed by atoms with Crippen molar-refractivity contribution in [1.82, 2.24) is 4.98 Å². The number of alkyl halides is 1. The van der Waals surface area contributed by atoms with E-state index in [4.69, 9.17) is 16.3 Å². The summed E-state index contributed by atoms with van der Waals surface area (Å²) in [6.07, 6.45) is 0. The average Bonchev–Trinajstić information content (AvgIpc) is 2.78. The Bertz CT molecular complexity index is 543. The van der Waals surface area contributed by atoms with Gasteiger partial charge in [0.15, 0.2) is 5.13 Å². The number of rotatable bonds is 2. The average molecular weight is 281 g/mol. The molecular weight excluding hydrogens is 268 g/mol. The number of nitrogens with zero attached hydrogens (tertiary/aromatic N) is 2. The number of hydrogen-bond acceptors (Lipinski definition) is 4. The van der Waals surface area contributed by atoms with E-state index in [9.17, 15) is 0 Å². The molecule has 0 atom stereocenters. The lowest BCUT2D eigenvalue weighted by Gasteiger charge is -2.18. The summed E-state index contributed by atoms with van der Waals surface area (Å²) in [5.74, 6) is 1.45. The molecule has 0 amide bonds. The highest BCUT2D eigenvalue weighted by atomic mass is 35.5. The molecule has 0 unspecified atom stereocenters. The monoisotopic (exact) mass is 280 g/mol. The molecule has 0 radical (unpaired) electrons. The first-order valence-corrected chi connectivity index (χ1v) is 7.24. The molecule has 1 aliphatic rings. The van der Waals surface area contributed by atoms with Gasteiger partial charge in [0.05, 0.1) is 18.1 Å². The maximum atomic E-state index is 5.79. The molecule has 3 nitrogen and oxygen atoms in total. The molecule has 18 heavy (non-hydrogen) atoms. The van der Waals surface area contributed by atoms with Crippen molar-refractivity contribution in [2.75, 3.05) is 18.1 Å². The molecule has 2 aromatic rings. The zero-order valence-electron chi connectivity index (χ0n) is 9.80. The van der Waals surface area contributed by atoms with Gasteiger partial charge in [-0.25, -0.2) is 4.98 Å². The summed E-state index contributed by atoms with van der Waals surface area (Å²) in [6.45, 7) is 2.38. The normalized spacial score (nSPS) is 14.8. The van der Waals surface area contributed by atoms with Crippen LogP contribution in [0.15, 0.2) is 29.6 Å². The summed E-state index contributed by atoms with van der Waals surface area (Å²) in [6, 6.07) is 8.16. The van der Waals surface area contributed by atoms with Gasteiger partial charge >= 0.3 is 0 Å². The zero-order chi connectivity index (χ0) is 12.4. The highest BCUT2D eigenvalue weighted by Gasteiger charge is 2.17. The summed E-state index contributed by atoms with van der Waals surface area (Å²) in [7, 11) is 0. The van der Waals surface area contributed by atoms with E-state index in [1.54, 1.807) is 11.3 Å². The number of hydrogen-bond donors (Lipinski definition) is 0. The van der Waals surface area contributed by atoms with Crippen LogP contribution in [0, 0.1) is 0 Å². The molecule has 0 fully saturated rings. The van der Waals surface area contributed by atoms with Crippen molar-refractivity contribution in [3.8, 4) is 5.75 Å². The Morgan fingerprint density at radius 3 is 3.11 bits per heavy atom. The largest absolute Gasteiger partial charge is 0.491 e. The van der Waals surface area contributed by atoms with Crippen LogP contribution < -0.4 is 9.64 Å². The Kier molecular flexibility index (Phi) is 3.39. The lowest BCUT2D eigenvalue weighted by Crippen LogP contribution is -2.25. The Labute approximate surface area is 115 Å². The molecule has 3 rings (SSSR count). The summed E-state index contributed by atoms with van der Waals surface area (Å²) in [4.78, 5) is 6.77. The van der Waals surface area contributed by atoms with E-state index in [0.717, 1.165) is 29.7 Å². The van der Waals surface area contributed by atoms with Gasteiger partial charge in [0.2, 0.25) is 0 Å². The number of ether oxygens (including phenoxy) is 1. The number of anilines is 1. The molecule has 0 bridgehead atoms. The first kappa shape index (κ1) is 11.8. The highest BCUT2D eigenvalue weighted by Crippen LogP contribution is 2.28. The molecule has 0 saturated heterocycles. The summed E-state index contributed by atoms with van der Waals surface area (Å²) < 4.78 is 5.74. The van der Waals surface area contributed by atoms with Crippen LogP contribution in [-0.4, -0.2) is 18.1 Å². The van der Waals surface area contributed by atoms with Crippen molar-refractivity contribution in [3.63, 3.8) is 0 Å². The zero-order valence-corrected chi connectivity index (χ0v) is 11.4. The molecule has 94 valence electrons. The van der Waals surface area contributed by atoms with E-state index in [1.807, 2.05) is 23.6 Å². The second-order valence-electron chi connectivity index (χ2n) is 4.13. The predicted molar refractivity (Wildman–Crippen MR) is 74.7 cm³/mol. The van der Waals surface area contributed by atoms with Gasteiger partial charge in [0.25, 0.3) is 0 Å². The maximum Gasteiger partial charge on any atom is 0.185 e. The number of benzene rings is 1. The van der Waals surface area contributed by atoms with Crippen LogP contribution in [0.2, 0.25) is 0 Å². The Morgan fingerprint density at radius 1 is 1.39 bits per heavy atom. The van der Waals surface area contributed by atoms with Crippen molar-refractivity contribution < 1.29 is 4.74 Å². The number of aromatic nitrogens is 1. The minimum atomic E-state index is 0.470. The first-order valence-electron chi connectivity index (χ1n) is 5.83. The van der Waals surface area contributed by atoms with Gasteiger partial charge in [-0.1, -0.05) is 18.2 Å². The molecule has 0 aliphatic carbocycles. The molecule has 0 N–H and O–H groups in total. The molecule has 2 heterocycles. The van der Waals surface area contributed by atoms with Gasteiger partial charge in [-0.15, -0.1) is 22.9 Å². The number of thiazole rings is 1. The van der Waals surface area contributed by atoms with E-state index in [0.29, 0.717) is 12.5 Å². The van der Waals surface area contributed by atoms with E-state index < -0.39 is 0 Å². The van der Waals surface area contributed by atoms with Crippen LogP contribution in [0.5, 0.6) is 5.75 Å². The second-order valence-corrected chi connectivity index (χ2v) is 5.24. The summed E-state index contributed by atoms with van der Waals surface area (Å²) in [5, 5.41) is 3.03. The van der Waals surface area contributed by atoms with Crippen molar-refractivity contribution >= 4 is 28.1 Å². The quantitative estimate of drug-likeness (QED) is 0.790. The third kappa shape index (κ3) is 2.31. The van der Waals surface area contributed by atoms with Gasteiger partial charge in [0, 0.05) is 17.5 Å². The van der Waals surface area contributed by atoms with Crippen molar-refractivity contribution in [3.05, 3.63) is 40.9 Å². The topological polar surface area (TPSA) is 25.4 Å². The molecule has 0 spiro atoms. The first-order chi connectivity index (χ1) is 8.86. The third-order valence-electron chi connectivity index (χ3n) is 2.90. The van der Waals surface area contributed by atoms with E-state index in [1.165, 1.54) is 5.56 Å². The molecular formula is C13H13ClN2OS. The lowest BCUT2D eigenvalue weighted by molar-refractivity contribution is 0.331. The fourth-order valence-electron chi connectivity index (χ4n) is 1.99. The van der Waals surface area contributed by atoms with Crippen LogP contribution in [0.1, 0.15) is 11.3 Å². The van der Waals surface area contributed by atoms with Crippen LogP contribution >= 0.6 is 22.9 Å². The second kappa shape index (κ2) is 5.16. The standard InChI is InChI=1S/C13H13ClN2OS/c14-7-11-9-18-13(15-11)16-5-6-17-12-4-2-1-3-10(12)8-16/h1-4,9H,5-8H2. The van der Waals surface area contributed by atoms with Crippen molar-refractivity contribution in [2.45, 2.75) is 12.4 Å². The van der Waals surface area contributed by atoms with Gasteiger partial charge < -0.3 is 9.64 Å². The van der Waals surface area contributed by atoms with Crippen LogP contribution in [0.3, 0.4) is 0 Å². The van der Waals surface area contributed by atoms with Gasteiger partial charge in [-0.05, 0) is 6.07 Å². The summed E-state index contributed by atoms with van der Waals surface area (Å²) >= 11 is 7.43. The SMILES string of the molecule is ClCc1csc(N2CCOc3ccccc3C2)n1. The fraction of sp³-hybridized carbons (Fsp3) is 0.308. The fourth-order valence-corrected chi connectivity index (χ4v) is 3.07. The van der Waals surface area contributed by atoms with Gasteiger partial charge in [-0.3, -0.25) is 0 Å². The smallest absolute Gasteiger partial charge is 0.185 e. The number of halogens is 1. The van der Waals surface area contributed by atoms with Crippen LogP contribution in [0.25, 0.3) is 0 Å². The van der Waals surface area contributed by atoms with E-state index >= 15 is 0 Å². The lowest BCUT2D eigenvalue weighted by atomic mass is 10.2. The maximum absolute atomic E-state index is 5.79. The molecule has 1 aromatic heterocycles. The van der Waals surface area contributed by atoms with Crippen molar-refractivity contribution in [2.24, 2.45) is 0 Å². The molecule has 1 aromatic carbocycles. The number of para-hydroxylation sites is 1. The van der Waals surface area contributed by atoms with E-state index in [-0.39, 0.29) is 0 Å². The summed E-state index contributed by atoms with van der Waals surface area (Å²) in [5.41, 5.74) is 2.15.